The van der Waals surface area contributed by atoms with Gasteiger partial charge < -0.3 is 14.6 Å². The molecular weight excluding hydrogens is 398 g/mol. The summed E-state index contributed by atoms with van der Waals surface area (Å²) in [6, 6.07) is 21.7. The number of benzene rings is 3. The maximum atomic E-state index is 13.3. The first-order valence-corrected chi connectivity index (χ1v) is 10.0. The summed E-state index contributed by atoms with van der Waals surface area (Å²) in [5, 5.41) is 20.6. The zero-order chi connectivity index (χ0) is 20.7. The molecule has 0 bridgehead atoms. The minimum atomic E-state index is -0.167. The van der Waals surface area contributed by atoms with Crippen molar-refractivity contribution in [2.45, 2.75) is 0 Å². The van der Waals surface area contributed by atoms with Crippen LogP contribution in [0.15, 0.2) is 83.6 Å². The Hall–Kier alpha value is -3.90. The van der Waals surface area contributed by atoms with E-state index in [-0.39, 0.29) is 17.4 Å². The number of nitrogens with zero attached hydrogens (tertiary/aromatic N) is 1. The van der Waals surface area contributed by atoms with E-state index < -0.39 is 0 Å². The molecule has 0 aliphatic rings. The third-order valence-corrected chi connectivity index (χ3v) is 6.05. The molecule has 0 aliphatic heterocycles. The number of rotatable bonds is 4. The number of phenols is 1. The van der Waals surface area contributed by atoms with Crippen LogP contribution in [-0.4, -0.2) is 21.0 Å². The van der Waals surface area contributed by atoms with E-state index in [1.54, 1.807) is 24.3 Å². The number of oxazole rings is 1. The van der Waals surface area contributed by atoms with Crippen molar-refractivity contribution in [1.29, 1.82) is 0 Å². The number of fused-ring (bicyclic) bond motifs is 1. The van der Waals surface area contributed by atoms with Crippen LogP contribution in [-0.2, 0) is 0 Å². The van der Waals surface area contributed by atoms with Crippen LogP contribution >= 0.6 is 11.3 Å². The zero-order valence-corrected chi connectivity index (χ0v) is 16.4. The molecule has 2 aromatic heterocycles. The minimum Gasteiger partial charge on any atom is -0.508 e. The zero-order valence-electron chi connectivity index (χ0n) is 15.6. The van der Waals surface area contributed by atoms with Crippen molar-refractivity contribution in [3.8, 4) is 34.1 Å². The van der Waals surface area contributed by atoms with Gasteiger partial charge in [0.1, 0.15) is 5.75 Å². The molecule has 0 fully saturated rings. The van der Waals surface area contributed by atoms with E-state index in [1.165, 1.54) is 17.7 Å². The van der Waals surface area contributed by atoms with E-state index in [0.29, 0.717) is 21.8 Å². The Balaban J connectivity index is 1.68. The molecule has 0 saturated carbocycles. The van der Waals surface area contributed by atoms with Crippen molar-refractivity contribution in [3.05, 3.63) is 89.6 Å². The van der Waals surface area contributed by atoms with Gasteiger partial charge in [-0.2, -0.15) is 4.98 Å². The predicted octanol–water partition coefficient (Wildman–Crippen LogP) is 5.87. The van der Waals surface area contributed by atoms with Gasteiger partial charge in [-0.05, 0) is 23.8 Å². The summed E-state index contributed by atoms with van der Waals surface area (Å²) in [6.07, 6.45) is 1.19. The largest absolute Gasteiger partial charge is 0.508 e. The third-order valence-electron chi connectivity index (χ3n) is 4.90. The van der Waals surface area contributed by atoms with Crippen molar-refractivity contribution in [3.63, 3.8) is 0 Å². The number of carbonyl (C=O) groups is 1. The fourth-order valence-corrected chi connectivity index (χ4v) is 4.70. The number of thiophene rings is 1. The maximum absolute atomic E-state index is 13.3. The standard InChI is InChI=1S/C24H15NO4S/c26-17-10-11-18-19(12-17)30-23(21(27)15-4-2-1-3-5-15)20(18)14-6-8-16(9-7-14)22-24(28)25-13-29-22/h1-13,26,28H. The van der Waals surface area contributed by atoms with Gasteiger partial charge in [0, 0.05) is 26.8 Å². The lowest BCUT2D eigenvalue weighted by Crippen LogP contribution is -2.00. The molecule has 0 unspecified atom stereocenters. The van der Waals surface area contributed by atoms with Crippen molar-refractivity contribution < 1.29 is 19.4 Å². The summed E-state index contributed by atoms with van der Waals surface area (Å²) in [6.45, 7) is 0. The lowest BCUT2D eigenvalue weighted by atomic mass is 9.97. The molecule has 5 nitrogen and oxygen atoms in total. The molecule has 2 heterocycles. The normalized spacial score (nSPS) is 11.1. The van der Waals surface area contributed by atoms with E-state index in [0.717, 1.165) is 21.2 Å². The van der Waals surface area contributed by atoms with E-state index in [1.807, 2.05) is 48.5 Å². The van der Waals surface area contributed by atoms with Gasteiger partial charge in [-0.3, -0.25) is 4.79 Å². The van der Waals surface area contributed by atoms with E-state index >= 15 is 0 Å². The molecule has 5 aromatic rings. The molecular formula is C24H15NO4S. The summed E-state index contributed by atoms with van der Waals surface area (Å²) in [5.74, 6) is 0.217. The molecule has 6 heteroatoms. The van der Waals surface area contributed by atoms with Gasteiger partial charge in [-0.15, -0.1) is 11.3 Å². The third kappa shape index (κ3) is 3.03. The average molecular weight is 413 g/mol. The van der Waals surface area contributed by atoms with Gasteiger partial charge in [0.2, 0.25) is 5.78 Å². The van der Waals surface area contributed by atoms with Crippen LogP contribution in [0.2, 0.25) is 0 Å². The Labute approximate surface area is 175 Å². The van der Waals surface area contributed by atoms with E-state index in [2.05, 4.69) is 4.98 Å². The second-order valence-electron chi connectivity index (χ2n) is 6.76. The minimum absolute atomic E-state index is 0.0664. The highest BCUT2D eigenvalue weighted by molar-refractivity contribution is 7.21. The Morgan fingerprint density at radius 1 is 0.900 bits per heavy atom. The number of ketones is 1. The molecule has 0 amide bonds. The average Bonchev–Trinajstić information content (AvgIpc) is 3.37. The molecule has 2 N–H and O–H groups in total. The van der Waals surface area contributed by atoms with Crippen LogP contribution in [0.1, 0.15) is 15.2 Å². The van der Waals surface area contributed by atoms with Crippen LogP contribution in [0.25, 0.3) is 32.5 Å². The van der Waals surface area contributed by atoms with Gasteiger partial charge in [0.25, 0.3) is 5.88 Å². The quantitative estimate of drug-likeness (QED) is 0.360. The lowest BCUT2D eigenvalue weighted by Gasteiger charge is -2.06. The summed E-state index contributed by atoms with van der Waals surface area (Å²) >= 11 is 1.36. The monoisotopic (exact) mass is 413 g/mol. The van der Waals surface area contributed by atoms with Gasteiger partial charge in [0.15, 0.2) is 12.2 Å². The summed E-state index contributed by atoms with van der Waals surface area (Å²) < 4.78 is 6.08. The molecule has 30 heavy (non-hydrogen) atoms. The van der Waals surface area contributed by atoms with Crippen molar-refractivity contribution in [1.82, 2.24) is 4.98 Å². The molecule has 0 radical (unpaired) electrons. The molecule has 0 aliphatic carbocycles. The van der Waals surface area contributed by atoms with Crippen LogP contribution in [0, 0.1) is 0 Å². The fraction of sp³-hybridized carbons (Fsp3) is 0. The lowest BCUT2D eigenvalue weighted by molar-refractivity contribution is 0.104. The number of hydrogen-bond acceptors (Lipinski definition) is 6. The van der Waals surface area contributed by atoms with Crippen LogP contribution in [0.5, 0.6) is 11.6 Å². The summed E-state index contributed by atoms with van der Waals surface area (Å²) in [5.41, 5.74) is 2.96. The van der Waals surface area contributed by atoms with E-state index in [4.69, 9.17) is 4.42 Å². The van der Waals surface area contributed by atoms with Gasteiger partial charge in [-0.1, -0.05) is 54.6 Å². The Morgan fingerprint density at radius 2 is 1.63 bits per heavy atom. The topological polar surface area (TPSA) is 83.6 Å². The highest BCUT2D eigenvalue weighted by Gasteiger charge is 2.21. The summed E-state index contributed by atoms with van der Waals surface area (Å²) in [7, 11) is 0. The molecule has 3 aromatic carbocycles. The fourth-order valence-electron chi connectivity index (χ4n) is 3.48. The Bertz CT molecular complexity index is 1370. The second kappa shape index (κ2) is 7.17. The first-order valence-electron chi connectivity index (χ1n) is 9.20. The molecule has 5 rings (SSSR count). The van der Waals surface area contributed by atoms with Crippen molar-refractivity contribution in [2.24, 2.45) is 0 Å². The number of aromatic nitrogens is 1. The first-order chi connectivity index (χ1) is 14.6. The number of aromatic hydroxyl groups is 2. The SMILES string of the molecule is O=C(c1ccccc1)c1sc2cc(O)ccc2c1-c1ccc(-c2ocnc2O)cc1. The molecule has 0 spiro atoms. The van der Waals surface area contributed by atoms with Crippen molar-refractivity contribution >= 4 is 27.2 Å². The van der Waals surface area contributed by atoms with Gasteiger partial charge >= 0.3 is 0 Å². The predicted molar refractivity (Wildman–Crippen MR) is 116 cm³/mol. The highest BCUT2D eigenvalue weighted by Crippen LogP contribution is 2.42. The Kier molecular flexibility index (Phi) is 4.34. The van der Waals surface area contributed by atoms with E-state index in [9.17, 15) is 15.0 Å². The summed E-state index contributed by atoms with van der Waals surface area (Å²) in [4.78, 5) is 17.6. The van der Waals surface area contributed by atoms with Crippen LogP contribution < -0.4 is 0 Å². The molecule has 0 atom stereocenters. The number of hydrogen-bond donors (Lipinski definition) is 2. The van der Waals surface area contributed by atoms with Crippen LogP contribution in [0.4, 0.5) is 0 Å². The molecule has 146 valence electrons. The number of carbonyl (C=O) groups excluding carboxylic acids is 1. The van der Waals surface area contributed by atoms with Crippen molar-refractivity contribution in [2.75, 3.05) is 0 Å². The smallest absolute Gasteiger partial charge is 0.258 e. The Morgan fingerprint density at radius 3 is 2.33 bits per heavy atom. The first kappa shape index (κ1) is 18.1. The number of phenolic OH excluding ortho intramolecular Hbond substituents is 1. The van der Waals surface area contributed by atoms with Crippen LogP contribution in [0.3, 0.4) is 0 Å². The van der Waals surface area contributed by atoms with Gasteiger partial charge in [0.05, 0.1) is 4.88 Å². The van der Waals surface area contributed by atoms with Gasteiger partial charge in [-0.25, -0.2) is 0 Å². The maximum Gasteiger partial charge on any atom is 0.258 e. The molecule has 0 saturated heterocycles. The second-order valence-corrected chi connectivity index (χ2v) is 7.82. The highest BCUT2D eigenvalue weighted by atomic mass is 32.1.